The number of fused-ring (bicyclic) bond motifs is 1. The van der Waals surface area contributed by atoms with Crippen LogP contribution in [0.25, 0.3) is 28.0 Å². The highest BCUT2D eigenvalue weighted by Gasteiger charge is 2.16. The number of imidazole rings is 1. The fourth-order valence-corrected chi connectivity index (χ4v) is 4.34. The zero-order valence-electron chi connectivity index (χ0n) is 20.4. The Bertz CT molecular complexity index is 1550. The fraction of sp³-hybridized carbons (Fsp3) is 0.172. The van der Waals surface area contributed by atoms with Gasteiger partial charge in [-0.05, 0) is 70.1 Å². The summed E-state index contributed by atoms with van der Waals surface area (Å²) in [4.78, 5) is 25.7. The SMILES string of the molecule is CC(C)(C)c1ccnc(NC(=O)Cc2ccc(-c3cnc4cc(-c5ccncc5)ccn34)cc2Cl)c1. The van der Waals surface area contributed by atoms with E-state index in [1.165, 1.54) is 0 Å². The number of benzene rings is 1. The van der Waals surface area contributed by atoms with Gasteiger partial charge in [0.05, 0.1) is 18.3 Å². The molecule has 0 aliphatic carbocycles. The minimum Gasteiger partial charge on any atom is -0.310 e. The van der Waals surface area contributed by atoms with Gasteiger partial charge in [-0.3, -0.25) is 14.2 Å². The lowest BCUT2D eigenvalue weighted by Crippen LogP contribution is -2.17. The molecule has 1 N–H and O–H groups in total. The Labute approximate surface area is 215 Å². The number of nitrogens with one attached hydrogen (secondary N) is 1. The zero-order chi connectivity index (χ0) is 25.3. The molecule has 4 aromatic heterocycles. The Hall–Kier alpha value is -4.03. The summed E-state index contributed by atoms with van der Waals surface area (Å²) in [6.07, 6.45) is 9.26. The smallest absolute Gasteiger partial charge is 0.230 e. The van der Waals surface area contributed by atoms with Gasteiger partial charge in [0.25, 0.3) is 0 Å². The van der Waals surface area contributed by atoms with Crippen LogP contribution in [0.5, 0.6) is 0 Å². The molecule has 0 spiro atoms. The number of hydrogen-bond donors (Lipinski definition) is 1. The fourth-order valence-electron chi connectivity index (χ4n) is 4.09. The second-order valence-corrected chi connectivity index (χ2v) is 10.1. The van der Waals surface area contributed by atoms with Crippen LogP contribution in [0.4, 0.5) is 5.82 Å². The highest BCUT2D eigenvalue weighted by Crippen LogP contribution is 2.29. The normalized spacial score (nSPS) is 11.6. The van der Waals surface area contributed by atoms with Crippen molar-refractivity contribution in [1.29, 1.82) is 0 Å². The number of anilines is 1. The molecule has 4 heterocycles. The van der Waals surface area contributed by atoms with E-state index in [9.17, 15) is 4.79 Å². The Morgan fingerprint density at radius 2 is 1.72 bits per heavy atom. The standard InChI is InChI=1S/C29H26ClN5O/c1-29(2,3)23-8-12-32-26(17-23)34-28(36)16-21-4-5-22(14-24(21)30)25-18-33-27-15-20(9-13-35(25)27)19-6-10-31-11-7-19/h4-15,17-18H,16H2,1-3H3,(H,32,34,36). The summed E-state index contributed by atoms with van der Waals surface area (Å²) in [5.41, 5.74) is 6.67. The van der Waals surface area contributed by atoms with Gasteiger partial charge in [-0.2, -0.15) is 0 Å². The summed E-state index contributed by atoms with van der Waals surface area (Å²) in [6.45, 7) is 6.37. The maximum atomic E-state index is 12.7. The first-order valence-electron chi connectivity index (χ1n) is 11.7. The molecule has 0 aliphatic rings. The molecule has 5 aromatic rings. The molecule has 36 heavy (non-hydrogen) atoms. The second-order valence-electron chi connectivity index (χ2n) is 9.73. The number of halogens is 1. The third-order valence-corrected chi connectivity index (χ3v) is 6.47. The monoisotopic (exact) mass is 495 g/mol. The topological polar surface area (TPSA) is 72.2 Å². The van der Waals surface area contributed by atoms with Crippen LogP contribution in [0.1, 0.15) is 31.9 Å². The number of aromatic nitrogens is 4. The Balaban J connectivity index is 1.34. The van der Waals surface area contributed by atoms with E-state index < -0.39 is 0 Å². The Kier molecular flexibility index (Phi) is 6.29. The summed E-state index contributed by atoms with van der Waals surface area (Å²) >= 11 is 6.60. The maximum Gasteiger partial charge on any atom is 0.230 e. The van der Waals surface area contributed by atoms with Crippen molar-refractivity contribution in [3.05, 3.63) is 102 Å². The van der Waals surface area contributed by atoms with Crippen LogP contribution in [0.2, 0.25) is 5.02 Å². The van der Waals surface area contributed by atoms with Gasteiger partial charge >= 0.3 is 0 Å². The van der Waals surface area contributed by atoms with Gasteiger partial charge in [0, 0.05) is 35.4 Å². The lowest BCUT2D eigenvalue weighted by atomic mass is 9.88. The quantitative estimate of drug-likeness (QED) is 0.298. The highest BCUT2D eigenvalue weighted by molar-refractivity contribution is 6.31. The van der Waals surface area contributed by atoms with E-state index in [1.54, 1.807) is 18.6 Å². The van der Waals surface area contributed by atoms with Crippen molar-refractivity contribution in [2.75, 3.05) is 5.32 Å². The van der Waals surface area contributed by atoms with Crippen molar-refractivity contribution in [2.24, 2.45) is 0 Å². The van der Waals surface area contributed by atoms with Crippen LogP contribution >= 0.6 is 11.6 Å². The van der Waals surface area contributed by atoms with Crippen LogP contribution in [0.3, 0.4) is 0 Å². The van der Waals surface area contributed by atoms with E-state index in [4.69, 9.17) is 11.6 Å². The van der Waals surface area contributed by atoms with Crippen molar-refractivity contribution >= 4 is 29.0 Å². The number of amides is 1. The molecule has 0 fully saturated rings. The number of carbonyl (C=O) groups excluding carboxylic acids is 1. The summed E-state index contributed by atoms with van der Waals surface area (Å²) in [6, 6.07) is 17.7. The number of carbonyl (C=O) groups is 1. The molecule has 6 nitrogen and oxygen atoms in total. The van der Waals surface area contributed by atoms with Crippen LogP contribution in [-0.4, -0.2) is 25.3 Å². The molecule has 0 saturated heterocycles. The van der Waals surface area contributed by atoms with Crippen molar-refractivity contribution in [3.63, 3.8) is 0 Å². The minimum absolute atomic E-state index is 0.0278. The van der Waals surface area contributed by atoms with Gasteiger partial charge in [0.2, 0.25) is 5.91 Å². The lowest BCUT2D eigenvalue weighted by molar-refractivity contribution is -0.115. The lowest BCUT2D eigenvalue weighted by Gasteiger charge is -2.19. The van der Waals surface area contributed by atoms with Crippen LogP contribution < -0.4 is 5.32 Å². The predicted octanol–water partition coefficient (Wildman–Crippen LogP) is 6.59. The van der Waals surface area contributed by atoms with E-state index in [-0.39, 0.29) is 17.7 Å². The second kappa shape index (κ2) is 9.55. The van der Waals surface area contributed by atoms with Crippen molar-refractivity contribution in [2.45, 2.75) is 32.6 Å². The minimum atomic E-state index is -0.165. The average Bonchev–Trinajstić information content (AvgIpc) is 3.29. The van der Waals surface area contributed by atoms with Crippen LogP contribution in [0, 0.1) is 0 Å². The van der Waals surface area contributed by atoms with Gasteiger partial charge in [-0.15, -0.1) is 0 Å². The van der Waals surface area contributed by atoms with Gasteiger partial charge in [-0.25, -0.2) is 9.97 Å². The van der Waals surface area contributed by atoms with Gasteiger partial charge < -0.3 is 5.32 Å². The van der Waals surface area contributed by atoms with Crippen molar-refractivity contribution < 1.29 is 4.79 Å². The van der Waals surface area contributed by atoms with Crippen molar-refractivity contribution in [3.8, 4) is 22.4 Å². The first-order chi connectivity index (χ1) is 17.3. The predicted molar refractivity (Wildman–Crippen MR) is 144 cm³/mol. The molecule has 0 bridgehead atoms. The molecule has 7 heteroatoms. The third-order valence-electron chi connectivity index (χ3n) is 6.12. The van der Waals surface area contributed by atoms with E-state index in [0.29, 0.717) is 10.8 Å². The molecule has 0 radical (unpaired) electrons. The summed E-state index contributed by atoms with van der Waals surface area (Å²) in [5, 5.41) is 3.42. The number of pyridine rings is 3. The summed E-state index contributed by atoms with van der Waals surface area (Å²) < 4.78 is 2.02. The van der Waals surface area contributed by atoms with Gasteiger partial charge in [-0.1, -0.05) is 44.5 Å². The third kappa shape index (κ3) is 4.99. The Morgan fingerprint density at radius 1 is 0.917 bits per heavy atom. The zero-order valence-corrected chi connectivity index (χ0v) is 21.1. The number of nitrogens with zero attached hydrogens (tertiary/aromatic N) is 4. The maximum absolute atomic E-state index is 12.7. The molecule has 1 aromatic carbocycles. The molecule has 0 unspecified atom stereocenters. The number of rotatable bonds is 5. The van der Waals surface area contributed by atoms with E-state index in [2.05, 4.69) is 47.1 Å². The largest absolute Gasteiger partial charge is 0.310 e. The van der Waals surface area contributed by atoms with Gasteiger partial charge in [0.1, 0.15) is 11.5 Å². The molecule has 5 rings (SSSR count). The molecule has 180 valence electrons. The molecule has 0 atom stereocenters. The van der Waals surface area contributed by atoms with E-state index in [0.717, 1.165) is 39.2 Å². The Morgan fingerprint density at radius 3 is 2.47 bits per heavy atom. The molecular formula is C29H26ClN5O. The van der Waals surface area contributed by atoms with Gasteiger partial charge in [0.15, 0.2) is 0 Å². The van der Waals surface area contributed by atoms with Crippen LogP contribution in [0.15, 0.2) is 85.6 Å². The molecular weight excluding hydrogens is 470 g/mol. The van der Waals surface area contributed by atoms with Crippen molar-refractivity contribution in [1.82, 2.24) is 19.4 Å². The number of hydrogen-bond acceptors (Lipinski definition) is 4. The summed E-state index contributed by atoms with van der Waals surface area (Å²) in [5.74, 6) is 0.374. The average molecular weight is 496 g/mol. The summed E-state index contributed by atoms with van der Waals surface area (Å²) in [7, 11) is 0. The molecule has 0 saturated carbocycles. The first-order valence-corrected chi connectivity index (χ1v) is 12.1. The first kappa shape index (κ1) is 23.7. The van der Waals surface area contributed by atoms with E-state index in [1.807, 2.05) is 65.3 Å². The molecule has 0 aliphatic heterocycles. The highest BCUT2D eigenvalue weighted by atomic mass is 35.5. The van der Waals surface area contributed by atoms with Crippen LogP contribution in [-0.2, 0) is 16.6 Å². The molecule has 1 amide bonds. The van der Waals surface area contributed by atoms with E-state index >= 15 is 0 Å².